The fraction of sp³-hybridized carbons (Fsp3) is 0.467. The van der Waals surface area contributed by atoms with E-state index in [0.29, 0.717) is 6.04 Å². The third-order valence-electron chi connectivity index (χ3n) is 4.36. The molecule has 4 rings (SSSR count). The molecule has 0 atom stereocenters. The molecule has 22 heavy (non-hydrogen) atoms. The molecule has 0 radical (unpaired) electrons. The second-order valence-electron chi connectivity index (χ2n) is 5.90. The van der Waals surface area contributed by atoms with Crippen LogP contribution in [0.1, 0.15) is 5.69 Å². The number of rotatable bonds is 4. The minimum Gasteiger partial charge on any atom is -0.336 e. The Kier molecular flexibility index (Phi) is 3.38. The molecule has 2 saturated heterocycles. The van der Waals surface area contributed by atoms with Crippen molar-refractivity contribution in [2.75, 3.05) is 26.2 Å². The highest BCUT2D eigenvalue weighted by molar-refractivity contribution is 7.13. The van der Waals surface area contributed by atoms with Crippen LogP contribution in [0.25, 0.3) is 10.6 Å². The van der Waals surface area contributed by atoms with Crippen LogP contribution in [0.15, 0.2) is 23.6 Å². The molecule has 0 saturated carbocycles. The number of urea groups is 1. The number of likely N-dealkylation sites (tertiary alicyclic amines) is 1. The molecule has 1 N–H and O–H groups in total. The van der Waals surface area contributed by atoms with Gasteiger partial charge >= 0.3 is 6.03 Å². The first-order valence-corrected chi connectivity index (χ1v) is 8.42. The van der Waals surface area contributed by atoms with E-state index in [1.54, 1.807) is 11.3 Å². The zero-order valence-corrected chi connectivity index (χ0v) is 13.3. The smallest absolute Gasteiger partial charge is 0.317 e. The summed E-state index contributed by atoms with van der Waals surface area (Å²) in [5.41, 5.74) is 2.26. The fourth-order valence-electron chi connectivity index (χ4n) is 3.19. The highest BCUT2D eigenvalue weighted by atomic mass is 32.1. The van der Waals surface area contributed by atoms with E-state index >= 15 is 0 Å². The third-order valence-corrected chi connectivity index (χ3v) is 5.25. The molecule has 0 bridgehead atoms. The molecule has 7 heteroatoms. The Morgan fingerprint density at radius 2 is 2.32 bits per heavy atom. The molecule has 0 aliphatic carbocycles. The maximum atomic E-state index is 11.6. The van der Waals surface area contributed by atoms with Gasteiger partial charge in [-0.15, -0.1) is 11.3 Å². The molecule has 0 spiro atoms. The minimum atomic E-state index is 0.0856. The minimum absolute atomic E-state index is 0.0856. The van der Waals surface area contributed by atoms with Gasteiger partial charge in [-0.05, 0) is 17.5 Å². The predicted octanol–water partition coefficient (Wildman–Crippen LogP) is 1.36. The van der Waals surface area contributed by atoms with Crippen molar-refractivity contribution in [3.63, 3.8) is 0 Å². The lowest BCUT2D eigenvalue weighted by Crippen LogP contribution is -2.59. The largest absolute Gasteiger partial charge is 0.336 e. The number of nitrogens with one attached hydrogen (secondary N) is 1. The molecule has 0 unspecified atom stereocenters. The lowest BCUT2D eigenvalue weighted by Gasteiger charge is -2.43. The zero-order chi connectivity index (χ0) is 15.1. The van der Waals surface area contributed by atoms with Crippen molar-refractivity contribution in [3.8, 4) is 10.6 Å². The van der Waals surface area contributed by atoms with Crippen LogP contribution in [0.5, 0.6) is 0 Å². The van der Waals surface area contributed by atoms with Gasteiger partial charge in [0.15, 0.2) is 0 Å². The van der Waals surface area contributed by atoms with Crippen molar-refractivity contribution in [2.45, 2.75) is 12.6 Å². The summed E-state index contributed by atoms with van der Waals surface area (Å²) in [4.78, 5) is 17.2. The number of hydrogen-bond acceptors (Lipinski definition) is 4. The molecule has 6 nitrogen and oxygen atoms in total. The highest BCUT2D eigenvalue weighted by Gasteiger charge is 2.36. The standard InChI is InChI=1S/C15H19N5OS/c1-18-13(14-3-2-6-22-14)7-11(17-18)8-19-9-12(10-19)20-5-4-16-15(20)21/h2-3,6-7,12H,4-5,8-10H2,1H3,(H,16,21). The van der Waals surface area contributed by atoms with Gasteiger partial charge < -0.3 is 10.2 Å². The summed E-state index contributed by atoms with van der Waals surface area (Å²) in [5, 5.41) is 9.56. The second kappa shape index (κ2) is 5.40. The molecule has 0 aromatic carbocycles. The van der Waals surface area contributed by atoms with Crippen molar-refractivity contribution < 1.29 is 4.79 Å². The number of carbonyl (C=O) groups excluding carboxylic acids is 1. The summed E-state index contributed by atoms with van der Waals surface area (Å²) in [6.45, 7) is 4.35. The van der Waals surface area contributed by atoms with Crippen LogP contribution < -0.4 is 5.32 Å². The first kappa shape index (κ1) is 13.8. The van der Waals surface area contributed by atoms with Crippen LogP contribution >= 0.6 is 11.3 Å². The molecule has 4 heterocycles. The summed E-state index contributed by atoms with van der Waals surface area (Å²) in [6, 6.07) is 6.80. The summed E-state index contributed by atoms with van der Waals surface area (Å²) in [6.07, 6.45) is 0. The molecule has 2 amide bonds. The predicted molar refractivity (Wildman–Crippen MR) is 85.7 cm³/mol. The Morgan fingerprint density at radius 1 is 1.45 bits per heavy atom. The van der Waals surface area contributed by atoms with Gasteiger partial charge in [-0.3, -0.25) is 9.58 Å². The Hall–Kier alpha value is -1.86. The van der Waals surface area contributed by atoms with Crippen molar-refractivity contribution in [2.24, 2.45) is 7.05 Å². The molecule has 2 fully saturated rings. The molecule has 2 aromatic rings. The van der Waals surface area contributed by atoms with Gasteiger partial charge in [-0.1, -0.05) is 6.07 Å². The lowest BCUT2D eigenvalue weighted by molar-refractivity contribution is 0.0578. The van der Waals surface area contributed by atoms with Gasteiger partial charge in [-0.2, -0.15) is 5.10 Å². The van der Waals surface area contributed by atoms with Gasteiger partial charge in [0, 0.05) is 39.8 Å². The van der Waals surface area contributed by atoms with Crippen molar-refractivity contribution >= 4 is 17.4 Å². The van der Waals surface area contributed by atoms with Gasteiger partial charge in [0.25, 0.3) is 0 Å². The maximum Gasteiger partial charge on any atom is 0.317 e. The monoisotopic (exact) mass is 317 g/mol. The van der Waals surface area contributed by atoms with Crippen LogP contribution in [0.2, 0.25) is 0 Å². The first-order valence-electron chi connectivity index (χ1n) is 7.54. The number of nitrogens with zero attached hydrogens (tertiary/aromatic N) is 4. The molecule has 2 aliphatic heterocycles. The summed E-state index contributed by atoms with van der Waals surface area (Å²) in [5.74, 6) is 0. The van der Waals surface area contributed by atoms with Crippen molar-refractivity contribution in [3.05, 3.63) is 29.3 Å². The van der Waals surface area contributed by atoms with E-state index < -0.39 is 0 Å². The molecule has 116 valence electrons. The Balaban J connectivity index is 1.37. The van der Waals surface area contributed by atoms with Crippen LogP contribution in [-0.2, 0) is 13.6 Å². The lowest BCUT2D eigenvalue weighted by atomic mass is 10.1. The van der Waals surface area contributed by atoms with E-state index in [0.717, 1.165) is 38.4 Å². The molecule has 2 aromatic heterocycles. The average molecular weight is 317 g/mol. The van der Waals surface area contributed by atoms with Crippen LogP contribution in [0, 0.1) is 0 Å². The normalized spacial score (nSPS) is 19.5. The van der Waals surface area contributed by atoms with Gasteiger partial charge in [0.2, 0.25) is 0 Å². The number of amides is 2. The Bertz CT molecular complexity index is 674. The zero-order valence-electron chi connectivity index (χ0n) is 12.5. The average Bonchev–Trinajstić information content (AvgIpc) is 3.15. The van der Waals surface area contributed by atoms with E-state index in [9.17, 15) is 4.79 Å². The van der Waals surface area contributed by atoms with Gasteiger partial charge in [-0.25, -0.2) is 4.79 Å². The Labute approximate surface area is 133 Å². The van der Waals surface area contributed by atoms with E-state index in [1.807, 2.05) is 16.6 Å². The fourth-order valence-corrected chi connectivity index (χ4v) is 3.96. The number of aromatic nitrogens is 2. The molecular formula is C15H19N5OS. The summed E-state index contributed by atoms with van der Waals surface area (Å²) < 4.78 is 1.95. The van der Waals surface area contributed by atoms with Crippen molar-refractivity contribution in [1.82, 2.24) is 24.9 Å². The van der Waals surface area contributed by atoms with Crippen LogP contribution in [0.4, 0.5) is 4.79 Å². The Morgan fingerprint density at radius 3 is 3.00 bits per heavy atom. The quantitative estimate of drug-likeness (QED) is 0.926. The SMILES string of the molecule is Cn1nc(CN2CC(N3CCNC3=O)C2)cc1-c1cccs1. The van der Waals surface area contributed by atoms with Crippen LogP contribution in [0.3, 0.4) is 0 Å². The topological polar surface area (TPSA) is 53.4 Å². The summed E-state index contributed by atoms with van der Waals surface area (Å²) >= 11 is 1.73. The highest BCUT2D eigenvalue weighted by Crippen LogP contribution is 2.26. The van der Waals surface area contributed by atoms with E-state index in [4.69, 9.17) is 0 Å². The van der Waals surface area contributed by atoms with Gasteiger partial charge in [0.05, 0.1) is 22.3 Å². The second-order valence-corrected chi connectivity index (χ2v) is 6.84. The molecular weight excluding hydrogens is 298 g/mol. The number of hydrogen-bond donors (Lipinski definition) is 1. The van der Waals surface area contributed by atoms with Crippen LogP contribution in [-0.4, -0.2) is 57.8 Å². The third kappa shape index (κ3) is 2.40. The first-order chi connectivity index (χ1) is 10.7. The number of carbonyl (C=O) groups is 1. The van der Waals surface area contributed by atoms with Crippen molar-refractivity contribution in [1.29, 1.82) is 0 Å². The van der Waals surface area contributed by atoms with E-state index in [1.165, 1.54) is 10.6 Å². The van der Waals surface area contributed by atoms with Gasteiger partial charge in [0.1, 0.15) is 0 Å². The van der Waals surface area contributed by atoms with E-state index in [-0.39, 0.29) is 6.03 Å². The summed E-state index contributed by atoms with van der Waals surface area (Å²) in [7, 11) is 1.99. The molecule has 2 aliphatic rings. The maximum absolute atomic E-state index is 11.6. The number of aryl methyl sites for hydroxylation is 1. The number of thiophene rings is 1. The van der Waals surface area contributed by atoms with E-state index in [2.05, 4.69) is 38.9 Å².